The Hall–Kier alpha value is -1.92. The smallest absolute Gasteiger partial charge is 0.122 e. The highest BCUT2D eigenvalue weighted by atomic mass is 32.1. The van der Waals surface area contributed by atoms with Crippen LogP contribution in [0.3, 0.4) is 0 Å². The van der Waals surface area contributed by atoms with Crippen LogP contribution >= 0.6 is 24.4 Å². The monoisotopic (exact) mass is 302 g/mol. The van der Waals surface area contributed by atoms with Crippen molar-refractivity contribution in [3.8, 4) is 11.4 Å². The van der Waals surface area contributed by atoms with Crippen LogP contribution < -0.4 is 11.5 Å². The Kier molecular flexibility index (Phi) is 4.06. The van der Waals surface area contributed by atoms with E-state index in [1.807, 2.05) is 38.1 Å². The molecule has 0 radical (unpaired) electrons. The SMILES string of the molecule is Cc1cc(C(N)=S)nc(-c2cc(C)cc(C(N)=S)n2)c1. The van der Waals surface area contributed by atoms with Crippen molar-refractivity contribution in [3.63, 3.8) is 0 Å². The van der Waals surface area contributed by atoms with Gasteiger partial charge in [0.2, 0.25) is 0 Å². The molecule has 0 aromatic carbocycles. The fourth-order valence-electron chi connectivity index (χ4n) is 1.85. The second-order valence-corrected chi connectivity index (χ2v) is 5.44. The minimum atomic E-state index is 0.261. The molecule has 0 aliphatic heterocycles. The highest BCUT2D eigenvalue weighted by Gasteiger charge is 2.09. The molecule has 2 aromatic heterocycles. The molecule has 0 amide bonds. The first-order valence-electron chi connectivity index (χ1n) is 5.94. The first-order valence-corrected chi connectivity index (χ1v) is 6.76. The molecule has 2 heterocycles. The second-order valence-electron chi connectivity index (χ2n) is 4.56. The summed E-state index contributed by atoms with van der Waals surface area (Å²) in [7, 11) is 0. The van der Waals surface area contributed by atoms with E-state index in [2.05, 4.69) is 9.97 Å². The maximum Gasteiger partial charge on any atom is 0.122 e. The first-order chi connectivity index (χ1) is 9.36. The molecule has 0 saturated heterocycles. The van der Waals surface area contributed by atoms with Crippen molar-refractivity contribution in [2.24, 2.45) is 11.5 Å². The molecule has 0 unspecified atom stereocenters. The van der Waals surface area contributed by atoms with Gasteiger partial charge in [-0.1, -0.05) is 24.4 Å². The largest absolute Gasteiger partial charge is 0.388 e. The maximum absolute atomic E-state index is 5.65. The van der Waals surface area contributed by atoms with E-state index in [1.165, 1.54) is 0 Å². The quantitative estimate of drug-likeness (QED) is 0.845. The summed E-state index contributed by atoms with van der Waals surface area (Å²) in [5, 5.41) is 0. The number of nitrogens with zero attached hydrogens (tertiary/aromatic N) is 2. The molecule has 0 aliphatic rings. The number of aromatic nitrogens is 2. The van der Waals surface area contributed by atoms with Gasteiger partial charge >= 0.3 is 0 Å². The molecule has 0 bridgehead atoms. The van der Waals surface area contributed by atoms with Gasteiger partial charge in [-0.15, -0.1) is 0 Å². The predicted molar refractivity (Wildman–Crippen MR) is 88.7 cm³/mol. The normalized spacial score (nSPS) is 10.3. The van der Waals surface area contributed by atoms with E-state index in [-0.39, 0.29) is 9.98 Å². The summed E-state index contributed by atoms with van der Waals surface area (Å²) in [5.41, 5.74) is 15.9. The van der Waals surface area contributed by atoms with Gasteiger partial charge in [-0.05, 0) is 49.2 Å². The summed E-state index contributed by atoms with van der Waals surface area (Å²) in [6.45, 7) is 3.91. The molecule has 0 atom stereocenters. The lowest BCUT2D eigenvalue weighted by Gasteiger charge is -2.08. The van der Waals surface area contributed by atoms with Crippen molar-refractivity contribution < 1.29 is 0 Å². The highest BCUT2D eigenvalue weighted by Crippen LogP contribution is 2.19. The third-order valence-electron chi connectivity index (χ3n) is 2.71. The minimum Gasteiger partial charge on any atom is -0.388 e. The number of rotatable bonds is 3. The summed E-state index contributed by atoms with van der Waals surface area (Å²) in [5.74, 6) is 0. The van der Waals surface area contributed by atoms with Crippen LogP contribution in [0, 0.1) is 13.8 Å². The van der Waals surface area contributed by atoms with Gasteiger partial charge in [-0.2, -0.15) is 0 Å². The zero-order valence-corrected chi connectivity index (χ0v) is 12.8. The zero-order chi connectivity index (χ0) is 14.9. The van der Waals surface area contributed by atoms with Crippen molar-refractivity contribution in [2.45, 2.75) is 13.8 Å². The number of hydrogen-bond acceptors (Lipinski definition) is 4. The lowest BCUT2D eigenvalue weighted by Crippen LogP contribution is -2.14. The minimum absolute atomic E-state index is 0.261. The van der Waals surface area contributed by atoms with Crippen molar-refractivity contribution in [1.82, 2.24) is 9.97 Å². The lowest BCUT2D eigenvalue weighted by atomic mass is 10.1. The Bertz CT molecular complexity index is 649. The van der Waals surface area contributed by atoms with Gasteiger partial charge in [0.1, 0.15) is 9.98 Å². The van der Waals surface area contributed by atoms with E-state index in [9.17, 15) is 0 Å². The Balaban J connectivity index is 2.62. The highest BCUT2D eigenvalue weighted by molar-refractivity contribution is 7.80. The average Bonchev–Trinajstić information content (AvgIpc) is 2.37. The van der Waals surface area contributed by atoms with Crippen molar-refractivity contribution in [1.29, 1.82) is 0 Å². The molecule has 0 saturated carbocycles. The molecule has 4 N–H and O–H groups in total. The third kappa shape index (κ3) is 3.15. The number of thiocarbonyl (C=S) groups is 2. The van der Waals surface area contributed by atoms with Crippen LogP contribution in [0.4, 0.5) is 0 Å². The number of pyridine rings is 2. The third-order valence-corrected chi connectivity index (χ3v) is 3.12. The van der Waals surface area contributed by atoms with Crippen LogP contribution in [0.25, 0.3) is 11.4 Å². The van der Waals surface area contributed by atoms with Crippen LogP contribution in [0.1, 0.15) is 22.5 Å². The van der Waals surface area contributed by atoms with Crippen LogP contribution in [0.15, 0.2) is 24.3 Å². The van der Waals surface area contributed by atoms with Crippen LogP contribution in [0.2, 0.25) is 0 Å². The van der Waals surface area contributed by atoms with Gasteiger partial charge < -0.3 is 11.5 Å². The summed E-state index contributed by atoms with van der Waals surface area (Å²) < 4.78 is 0. The molecule has 0 aliphatic carbocycles. The lowest BCUT2D eigenvalue weighted by molar-refractivity contribution is 1.19. The van der Waals surface area contributed by atoms with Gasteiger partial charge in [0.15, 0.2) is 0 Å². The number of nitrogens with two attached hydrogens (primary N) is 2. The van der Waals surface area contributed by atoms with Crippen LogP contribution in [-0.4, -0.2) is 19.9 Å². The van der Waals surface area contributed by atoms with E-state index in [4.69, 9.17) is 35.9 Å². The molecule has 102 valence electrons. The second kappa shape index (κ2) is 5.60. The predicted octanol–water partition coefficient (Wildman–Crippen LogP) is 2.03. The van der Waals surface area contributed by atoms with E-state index in [0.29, 0.717) is 22.8 Å². The summed E-state index contributed by atoms with van der Waals surface area (Å²) in [4.78, 5) is 9.39. The topological polar surface area (TPSA) is 77.8 Å². The number of aryl methyl sites for hydroxylation is 2. The summed E-state index contributed by atoms with van der Waals surface area (Å²) >= 11 is 9.96. The van der Waals surface area contributed by atoms with Crippen LogP contribution in [0.5, 0.6) is 0 Å². The molecular formula is C14H14N4S2. The summed E-state index contributed by atoms with van der Waals surface area (Å²) in [6.07, 6.45) is 0. The maximum atomic E-state index is 5.65. The van der Waals surface area contributed by atoms with E-state index < -0.39 is 0 Å². The molecule has 0 spiro atoms. The van der Waals surface area contributed by atoms with Crippen molar-refractivity contribution >= 4 is 34.4 Å². The van der Waals surface area contributed by atoms with Gasteiger partial charge in [-0.3, -0.25) is 0 Å². The van der Waals surface area contributed by atoms with Gasteiger partial charge in [0.25, 0.3) is 0 Å². The molecule has 6 heteroatoms. The molecule has 4 nitrogen and oxygen atoms in total. The van der Waals surface area contributed by atoms with Crippen LogP contribution in [-0.2, 0) is 0 Å². The van der Waals surface area contributed by atoms with Gasteiger partial charge in [0, 0.05) is 0 Å². The van der Waals surface area contributed by atoms with Gasteiger partial charge in [-0.25, -0.2) is 9.97 Å². The molecular weight excluding hydrogens is 288 g/mol. The molecule has 0 fully saturated rings. The molecule has 2 aromatic rings. The Labute approximate surface area is 128 Å². The first kappa shape index (κ1) is 14.5. The van der Waals surface area contributed by atoms with E-state index in [0.717, 1.165) is 11.1 Å². The fourth-order valence-corrected chi connectivity index (χ4v) is 2.06. The average molecular weight is 302 g/mol. The van der Waals surface area contributed by atoms with E-state index in [1.54, 1.807) is 0 Å². The fraction of sp³-hybridized carbons (Fsp3) is 0.143. The zero-order valence-electron chi connectivity index (χ0n) is 11.2. The molecule has 2 rings (SSSR count). The number of hydrogen-bond donors (Lipinski definition) is 2. The Morgan fingerprint density at radius 3 is 1.45 bits per heavy atom. The molecule has 20 heavy (non-hydrogen) atoms. The standard InChI is InChI=1S/C14H14N4S2/c1-7-3-9(17-11(5-7)13(15)19)10-4-8(2)6-12(18-10)14(16)20/h3-6H,1-2H3,(H2,15,19)(H2,16,20). The summed E-state index contributed by atoms with van der Waals surface area (Å²) in [6, 6.07) is 7.53. The van der Waals surface area contributed by atoms with Gasteiger partial charge in [0.05, 0.1) is 22.8 Å². The Morgan fingerprint density at radius 1 is 0.800 bits per heavy atom. The Morgan fingerprint density at radius 2 is 1.15 bits per heavy atom. The van der Waals surface area contributed by atoms with E-state index >= 15 is 0 Å². The van der Waals surface area contributed by atoms with Crippen molar-refractivity contribution in [2.75, 3.05) is 0 Å². The van der Waals surface area contributed by atoms with Crippen molar-refractivity contribution in [3.05, 3.63) is 46.8 Å².